The largest absolute Gasteiger partial charge is 0.481 e. The van der Waals surface area contributed by atoms with Gasteiger partial charge in [0.15, 0.2) is 6.10 Å². The Balaban J connectivity index is 1.75. The van der Waals surface area contributed by atoms with Gasteiger partial charge in [0, 0.05) is 23.8 Å². The molecule has 8 heteroatoms. The number of hydrogen-bond donors (Lipinski definition) is 1. The van der Waals surface area contributed by atoms with Crippen molar-refractivity contribution >= 4 is 34.9 Å². The van der Waals surface area contributed by atoms with Crippen LogP contribution in [0.3, 0.4) is 0 Å². The second-order valence-electron chi connectivity index (χ2n) is 6.53. The predicted molar refractivity (Wildman–Crippen MR) is 111 cm³/mol. The summed E-state index contributed by atoms with van der Waals surface area (Å²) in [6, 6.07) is 12.1. The fourth-order valence-corrected chi connectivity index (χ4v) is 3.15. The SMILES string of the molecule is COC(=O)c1cc(N2CCOCC2)ccc1NC(=O)[C@@H](C)Oc1cccc(Cl)c1. The summed E-state index contributed by atoms with van der Waals surface area (Å²) in [6.45, 7) is 4.35. The lowest BCUT2D eigenvalue weighted by atomic mass is 10.1. The van der Waals surface area contributed by atoms with Gasteiger partial charge < -0.3 is 24.4 Å². The number of halogens is 1. The number of benzene rings is 2. The van der Waals surface area contributed by atoms with Gasteiger partial charge in [-0.1, -0.05) is 17.7 Å². The van der Waals surface area contributed by atoms with Crippen LogP contribution in [-0.4, -0.2) is 51.4 Å². The van der Waals surface area contributed by atoms with Gasteiger partial charge in [-0.2, -0.15) is 0 Å². The molecule has 7 nitrogen and oxygen atoms in total. The van der Waals surface area contributed by atoms with Crippen molar-refractivity contribution in [1.82, 2.24) is 0 Å². The Morgan fingerprint density at radius 3 is 2.62 bits per heavy atom. The van der Waals surface area contributed by atoms with Crippen molar-refractivity contribution in [2.24, 2.45) is 0 Å². The second kappa shape index (κ2) is 9.62. The quantitative estimate of drug-likeness (QED) is 0.725. The summed E-state index contributed by atoms with van der Waals surface area (Å²) in [4.78, 5) is 27.0. The summed E-state index contributed by atoms with van der Waals surface area (Å²) >= 11 is 5.94. The van der Waals surface area contributed by atoms with Crippen molar-refractivity contribution in [2.45, 2.75) is 13.0 Å². The summed E-state index contributed by atoms with van der Waals surface area (Å²) in [7, 11) is 1.31. The maximum Gasteiger partial charge on any atom is 0.340 e. The Kier molecular flexibility index (Phi) is 6.95. The first kappa shape index (κ1) is 21.0. The van der Waals surface area contributed by atoms with Crippen molar-refractivity contribution < 1.29 is 23.8 Å². The fraction of sp³-hybridized carbons (Fsp3) is 0.333. The number of nitrogens with zero attached hydrogens (tertiary/aromatic N) is 1. The van der Waals surface area contributed by atoms with Crippen LogP contribution in [0.5, 0.6) is 5.75 Å². The van der Waals surface area contributed by atoms with Gasteiger partial charge in [-0.3, -0.25) is 4.79 Å². The summed E-state index contributed by atoms with van der Waals surface area (Å²) in [5, 5.41) is 3.27. The fourth-order valence-electron chi connectivity index (χ4n) is 2.97. The van der Waals surface area contributed by atoms with Crippen molar-refractivity contribution in [1.29, 1.82) is 0 Å². The number of hydrogen-bond acceptors (Lipinski definition) is 6. The average Bonchev–Trinajstić information content (AvgIpc) is 2.74. The Morgan fingerprint density at radius 2 is 1.93 bits per heavy atom. The topological polar surface area (TPSA) is 77.1 Å². The third kappa shape index (κ3) is 5.40. The molecule has 154 valence electrons. The van der Waals surface area contributed by atoms with E-state index in [-0.39, 0.29) is 5.56 Å². The van der Waals surface area contributed by atoms with Crippen LogP contribution < -0.4 is 15.0 Å². The van der Waals surface area contributed by atoms with Gasteiger partial charge in [0.2, 0.25) is 0 Å². The Hall–Kier alpha value is -2.77. The zero-order valence-electron chi connectivity index (χ0n) is 16.3. The summed E-state index contributed by atoms with van der Waals surface area (Å²) < 4.78 is 15.9. The summed E-state index contributed by atoms with van der Waals surface area (Å²) in [6.07, 6.45) is -0.794. The number of carbonyl (C=O) groups is 2. The molecule has 1 amide bonds. The predicted octanol–water partition coefficient (Wildman–Crippen LogP) is 3.37. The smallest absolute Gasteiger partial charge is 0.340 e. The molecule has 0 radical (unpaired) electrons. The minimum Gasteiger partial charge on any atom is -0.481 e. The molecule has 29 heavy (non-hydrogen) atoms. The van der Waals surface area contributed by atoms with E-state index >= 15 is 0 Å². The molecule has 0 aromatic heterocycles. The monoisotopic (exact) mass is 418 g/mol. The lowest BCUT2D eigenvalue weighted by Gasteiger charge is -2.29. The summed E-state index contributed by atoms with van der Waals surface area (Å²) in [5.41, 5.74) is 1.51. The van der Waals surface area contributed by atoms with Gasteiger partial charge >= 0.3 is 5.97 Å². The molecule has 1 saturated heterocycles. The number of esters is 1. The lowest BCUT2D eigenvalue weighted by Crippen LogP contribution is -2.36. The summed E-state index contributed by atoms with van der Waals surface area (Å²) in [5.74, 6) is -0.441. The van der Waals surface area contributed by atoms with Crippen LogP contribution in [-0.2, 0) is 14.3 Å². The van der Waals surface area contributed by atoms with Crippen molar-refractivity contribution in [3.8, 4) is 5.75 Å². The number of carbonyl (C=O) groups excluding carboxylic acids is 2. The lowest BCUT2D eigenvalue weighted by molar-refractivity contribution is -0.122. The Bertz CT molecular complexity index is 883. The first-order valence-corrected chi connectivity index (χ1v) is 9.64. The molecule has 3 rings (SSSR count). The van der Waals surface area contributed by atoms with E-state index in [1.54, 1.807) is 43.3 Å². The van der Waals surface area contributed by atoms with E-state index in [0.717, 1.165) is 18.8 Å². The number of morpholine rings is 1. The molecule has 1 aliphatic heterocycles. The molecule has 1 fully saturated rings. The molecule has 1 N–H and O–H groups in total. The molecule has 1 heterocycles. The molecule has 0 spiro atoms. The third-order valence-electron chi connectivity index (χ3n) is 4.52. The van der Waals surface area contributed by atoms with E-state index in [4.69, 9.17) is 25.8 Å². The maximum atomic E-state index is 12.6. The minimum absolute atomic E-state index is 0.278. The Morgan fingerprint density at radius 1 is 1.17 bits per heavy atom. The highest BCUT2D eigenvalue weighted by Crippen LogP contribution is 2.26. The van der Waals surface area contributed by atoms with Gasteiger partial charge in [-0.15, -0.1) is 0 Å². The molecular formula is C21H23ClN2O5. The van der Waals surface area contributed by atoms with Gasteiger partial charge in [0.25, 0.3) is 5.91 Å². The van der Waals surface area contributed by atoms with Gasteiger partial charge in [-0.25, -0.2) is 4.79 Å². The van der Waals surface area contributed by atoms with Crippen LogP contribution in [0.1, 0.15) is 17.3 Å². The molecular weight excluding hydrogens is 396 g/mol. The number of ether oxygens (including phenoxy) is 3. The number of rotatable bonds is 6. The van der Waals surface area contributed by atoms with Crippen molar-refractivity contribution in [3.63, 3.8) is 0 Å². The number of methoxy groups -OCH3 is 1. The standard InChI is InChI=1S/C21H23ClN2O5/c1-14(29-17-5-3-4-15(22)12-17)20(25)23-19-7-6-16(13-18(19)21(26)27-2)24-8-10-28-11-9-24/h3-7,12-14H,8-11H2,1-2H3,(H,23,25)/t14-/m1/s1. The highest BCUT2D eigenvalue weighted by atomic mass is 35.5. The first-order chi connectivity index (χ1) is 14.0. The van der Waals surface area contributed by atoms with Gasteiger partial charge in [-0.05, 0) is 43.3 Å². The van der Waals surface area contributed by atoms with Crippen LogP contribution in [0.15, 0.2) is 42.5 Å². The molecule has 0 aliphatic carbocycles. The van der Waals surface area contributed by atoms with Crippen LogP contribution in [0, 0.1) is 0 Å². The number of anilines is 2. The molecule has 0 bridgehead atoms. The first-order valence-electron chi connectivity index (χ1n) is 9.26. The van der Waals surface area contributed by atoms with E-state index in [2.05, 4.69) is 10.2 Å². The Labute approximate surface area is 174 Å². The molecule has 2 aromatic rings. The highest BCUT2D eigenvalue weighted by Gasteiger charge is 2.21. The van der Waals surface area contributed by atoms with Crippen LogP contribution in [0.2, 0.25) is 5.02 Å². The maximum absolute atomic E-state index is 12.6. The second-order valence-corrected chi connectivity index (χ2v) is 6.96. The normalized spacial score (nSPS) is 14.8. The molecule has 0 unspecified atom stereocenters. The molecule has 1 atom stereocenters. The third-order valence-corrected chi connectivity index (χ3v) is 4.76. The van der Waals surface area contributed by atoms with E-state index < -0.39 is 18.0 Å². The van der Waals surface area contributed by atoms with Crippen molar-refractivity contribution in [2.75, 3.05) is 43.6 Å². The van der Waals surface area contributed by atoms with Crippen LogP contribution in [0.25, 0.3) is 0 Å². The van der Waals surface area contributed by atoms with Gasteiger partial charge in [0.05, 0.1) is 31.6 Å². The average molecular weight is 419 g/mol. The van der Waals surface area contributed by atoms with E-state index in [9.17, 15) is 9.59 Å². The van der Waals surface area contributed by atoms with Crippen molar-refractivity contribution in [3.05, 3.63) is 53.1 Å². The van der Waals surface area contributed by atoms with Crippen LogP contribution >= 0.6 is 11.6 Å². The van der Waals surface area contributed by atoms with Gasteiger partial charge in [0.1, 0.15) is 5.75 Å². The molecule has 2 aromatic carbocycles. The number of nitrogens with one attached hydrogen (secondary N) is 1. The van der Waals surface area contributed by atoms with E-state index in [1.165, 1.54) is 7.11 Å². The van der Waals surface area contributed by atoms with Crippen LogP contribution in [0.4, 0.5) is 11.4 Å². The minimum atomic E-state index is -0.794. The molecule has 1 aliphatic rings. The number of amides is 1. The zero-order chi connectivity index (χ0) is 20.8. The molecule has 0 saturated carbocycles. The van der Waals surface area contributed by atoms with E-state index in [0.29, 0.717) is 29.7 Å². The van der Waals surface area contributed by atoms with E-state index in [1.807, 2.05) is 6.07 Å². The zero-order valence-corrected chi connectivity index (χ0v) is 17.1. The highest BCUT2D eigenvalue weighted by molar-refractivity contribution is 6.30.